The van der Waals surface area contributed by atoms with Gasteiger partial charge in [0.05, 0.1) is 16.0 Å². The summed E-state index contributed by atoms with van der Waals surface area (Å²) >= 11 is 0. The molecule has 2 aromatic carbocycles. The molecular formula is C14H12N4O2. The average molecular weight is 268 g/mol. The van der Waals surface area contributed by atoms with Gasteiger partial charge < -0.3 is 9.88 Å². The number of aryl methyl sites for hydroxylation is 1. The number of nitro groups is 1. The molecule has 100 valence electrons. The molecule has 0 saturated heterocycles. The van der Waals surface area contributed by atoms with E-state index < -0.39 is 4.92 Å². The van der Waals surface area contributed by atoms with Crippen molar-refractivity contribution in [2.24, 2.45) is 7.05 Å². The first kappa shape index (κ1) is 12.2. The van der Waals surface area contributed by atoms with E-state index in [1.807, 2.05) is 35.9 Å². The molecule has 3 aromatic rings. The molecule has 0 spiro atoms. The van der Waals surface area contributed by atoms with E-state index in [1.165, 1.54) is 12.1 Å². The molecule has 3 rings (SSSR count). The van der Waals surface area contributed by atoms with Crippen LogP contribution in [0, 0.1) is 10.1 Å². The third-order valence-corrected chi connectivity index (χ3v) is 3.10. The second kappa shape index (κ2) is 4.65. The molecular weight excluding hydrogens is 256 g/mol. The van der Waals surface area contributed by atoms with Crippen LogP contribution in [0.1, 0.15) is 0 Å². The molecule has 1 N–H and O–H groups in total. The van der Waals surface area contributed by atoms with Crippen LogP contribution in [0.3, 0.4) is 0 Å². The monoisotopic (exact) mass is 268 g/mol. The number of benzene rings is 2. The summed E-state index contributed by atoms with van der Waals surface area (Å²) < 4.78 is 1.91. The van der Waals surface area contributed by atoms with Crippen LogP contribution in [-0.2, 0) is 7.05 Å². The van der Waals surface area contributed by atoms with Crippen molar-refractivity contribution in [3.8, 4) is 0 Å². The summed E-state index contributed by atoms with van der Waals surface area (Å²) in [7, 11) is 1.90. The van der Waals surface area contributed by atoms with Crippen LogP contribution in [-0.4, -0.2) is 14.5 Å². The predicted octanol–water partition coefficient (Wildman–Crippen LogP) is 3.23. The summed E-state index contributed by atoms with van der Waals surface area (Å²) in [4.78, 5) is 14.8. The molecule has 20 heavy (non-hydrogen) atoms. The van der Waals surface area contributed by atoms with Crippen molar-refractivity contribution in [3.05, 3.63) is 58.6 Å². The van der Waals surface area contributed by atoms with Gasteiger partial charge in [0, 0.05) is 24.9 Å². The van der Waals surface area contributed by atoms with Crippen molar-refractivity contribution in [3.63, 3.8) is 0 Å². The van der Waals surface area contributed by atoms with E-state index >= 15 is 0 Å². The number of rotatable bonds is 3. The summed E-state index contributed by atoms with van der Waals surface area (Å²) in [6.07, 6.45) is 0. The number of imidazole rings is 1. The number of nitrogens with zero attached hydrogens (tertiary/aromatic N) is 3. The number of fused-ring (bicyclic) bond motifs is 1. The fourth-order valence-electron chi connectivity index (χ4n) is 2.08. The molecule has 0 fully saturated rings. The van der Waals surface area contributed by atoms with Crippen molar-refractivity contribution in [1.82, 2.24) is 9.55 Å². The van der Waals surface area contributed by atoms with Crippen molar-refractivity contribution >= 4 is 28.4 Å². The number of hydrogen-bond donors (Lipinski definition) is 1. The van der Waals surface area contributed by atoms with E-state index in [0.29, 0.717) is 11.6 Å². The highest BCUT2D eigenvalue weighted by atomic mass is 16.6. The standard InChI is InChI=1S/C14H12N4O2/c1-17-13-8-3-2-7-12(13)16-14(17)15-10-5-4-6-11(9-10)18(19)20/h2-9H,1H3,(H,15,16). The minimum atomic E-state index is -0.417. The van der Waals surface area contributed by atoms with Crippen LogP contribution in [0.25, 0.3) is 11.0 Å². The number of nitro benzene ring substituents is 1. The molecule has 1 aromatic heterocycles. The Hall–Kier alpha value is -2.89. The molecule has 0 aliphatic heterocycles. The first-order chi connectivity index (χ1) is 9.65. The van der Waals surface area contributed by atoms with E-state index in [0.717, 1.165) is 11.0 Å². The second-order valence-corrected chi connectivity index (χ2v) is 4.42. The highest BCUT2D eigenvalue weighted by Gasteiger charge is 2.09. The predicted molar refractivity (Wildman–Crippen MR) is 77.1 cm³/mol. The van der Waals surface area contributed by atoms with Gasteiger partial charge >= 0.3 is 0 Å². The Kier molecular flexibility index (Phi) is 2.83. The largest absolute Gasteiger partial charge is 0.325 e. The number of aromatic nitrogens is 2. The number of hydrogen-bond acceptors (Lipinski definition) is 4. The second-order valence-electron chi connectivity index (χ2n) is 4.42. The Morgan fingerprint density at radius 2 is 2.00 bits per heavy atom. The smallest absolute Gasteiger partial charge is 0.271 e. The van der Waals surface area contributed by atoms with Crippen LogP contribution in [0.2, 0.25) is 0 Å². The van der Waals surface area contributed by atoms with Crippen LogP contribution in [0.4, 0.5) is 17.3 Å². The molecule has 0 atom stereocenters. The molecule has 6 heteroatoms. The molecule has 0 radical (unpaired) electrons. The van der Waals surface area contributed by atoms with Crippen molar-refractivity contribution < 1.29 is 4.92 Å². The maximum atomic E-state index is 10.8. The van der Waals surface area contributed by atoms with Crippen LogP contribution >= 0.6 is 0 Å². The van der Waals surface area contributed by atoms with Crippen molar-refractivity contribution in [1.29, 1.82) is 0 Å². The summed E-state index contributed by atoms with van der Waals surface area (Å²) in [5, 5.41) is 13.9. The lowest BCUT2D eigenvalue weighted by molar-refractivity contribution is -0.384. The van der Waals surface area contributed by atoms with Crippen molar-refractivity contribution in [2.75, 3.05) is 5.32 Å². The zero-order valence-corrected chi connectivity index (χ0v) is 10.8. The quantitative estimate of drug-likeness (QED) is 0.584. The van der Waals surface area contributed by atoms with E-state index in [4.69, 9.17) is 0 Å². The highest BCUT2D eigenvalue weighted by Crippen LogP contribution is 2.23. The van der Waals surface area contributed by atoms with Crippen LogP contribution in [0.5, 0.6) is 0 Å². The fraction of sp³-hybridized carbons (Fsp3) is 0.0714. The van der Waals surface area contributed by atoms with Gasteiger partial charge in [-0.1, -0.05) is 18.2 Å². The van der Waals surface area contributed by atoms with Gasteiger partial charge in [-0.05, 0) is 18.2 Å². The third kappa shape index (κ3) is 2.07. The lowest BCUT2D eigenvalue weighted by Crippen LogP contribution is -1.99. The van der Waals surface area contributed by atoms with Gasteiger partial charge in [-0.15, -0.1) is 0 Å². The highest BCUT2D eigenvalue weighted by molar-refractivity contribution is 5.79. The molecule has 0 saturated carbocycles. The summed E-state index contributed by atoms with van der Waals surface area (Å²) in [6.45, 7) is 0. The summed E-state index contributed by atoms with van der Waals surface area (Å²) in [6, 6.07) is 14.1. The van der Waals surface area contributed by atoms with E-state index in [2.05, 4.69) is 10.3 Å². The van der Waals surface area contributed by atoms with Crippen LogP contribution < -0.4 is 5.32 Å². The van der Waals surface area contributed by atoms with Gasteiger partial charge in [-0.2, -0.15) is 0 Å². The number of non-ortho nitro benzene ring substituents is 1. The third-order valence-electron chi connectivity index (χ3n) is 3.10. The minimum Gasteiger partial charge on any atom is -0.325 e. The zero-order chi connectivity index (χ0) is 14.1. The van der Waals surface area contributed by atoms with Crippen molar-refractivity contribution in [2.45, 2.75) is 0 Å². The van der Waals surface area contributed by atoms with E-state index in [-0.39, 0.29) is 5.69 Å². The SMILES string of the molecule is Cn1c(Nc2cccc([N+](=O)[O-])c2)nc2ccccc21. The molecule has 0 aliphatic carbocycles. The van der Waals surface area contributed by atoms with Gasteiger partial charge in [0.15, 0.2) is 0 Å². The lowest BCUT2D eigenvalue weighted by Gasteiger charge is -2.05. The Bertz CT molecular complexity index is 795. The van der Waals surface area contributed by atoms with Gasteiger partial charge in [0.25, 0.3) is 5.69 Å². The zero-order valence-electron chi connectivity index (χ0n) is 10.8. The number of anilines is 2. The molecule has 0 amide bonds. The molecule has 6 nitrogen and oxygen atoms in total. The molecule has 0 bridgehead atoms. The summed E-state index contributed by atoms with van der Waals surface area (Å²) in [5.41, 5.74) is 2.56. The Labute approximate surface area is 114 Å². The fourth-order valence-corrected chi connectivity index (χ4v) is 2.08. The normalized spacial score (nSPS) is 10.7. The molecule has 0 unspecified atom stereocenters. The van der Waals surface area contributed by atoms with Crippen LogP contribution in [0.15, 0.2) is 48.5 Å². The Morgan fingerprint density at radius 1 is 1.20 bits per heavy atom. The maximum absolute atomic E-state index is 10.8. The average Bonchev–Trinajstić information content (AvgIpc) is 2.76. The number of para-hydroxylation sites is 2. The lowest BCUT2D eigenvalue weighted by atomic mass is 10.3. The summed E-state index contributed by atoms with van der Waals surface area (Å²) in [5.74, 6) is 0.645. The first-order valence-electron chi connectivity index (χ1n) is 6.08. The maximum Gasteiger partial charge on any atom is 0.271 e. The number of nitrogens with one attached hydrogen (secondary N) is 1. The minimum absolute atomic E-state index is 0.0498. The van der Waals surface area contributed by atoms with Gasteiger partial charge in [0.2, 0.25) is 5.95 Å². The van der Waals surface area contributed by atoms with Gasteiger partial charge in [0.1, 0.15) is 0 Å². The first-order valence-corrected chi connectivity index (χ1v) is 6.08. The van der Waals surface area contributed by atoms with E-state index in [1.54, 1.807) is 12.1 Å². The van der Waals surface area contributed by atoms with Gasteiger partial charge in [-0.3, -0.25) is 10.1 Å². The molecule has 0 aliphatic rings. The van der Waals surface area contributed by atoms with E-state index in [9.17, 15) is 10.1 Å². The molecule has 1 heterocycles. The topological polar surface area (TPSA) is 73.0 Å². The Morgan fingerprint density at radius 3 is 2.75 bits per heavy atom. The van der Waals surface area contributed by atoms with Gasteiger partial charge in [-0.25, -0.2) is 4.98 Å². The Balaban J connectivity index is 1.99.